The maximum atomic E-state index is 13.4. The highest BCUT2D eigenvalue weighted by Gasteiger charge is 2.30. The van der Waals surface area contributed by atoms with E-state index in [4.69, 9.17) is 14.7 Å². The largest absolute Gasteiger partial charge is 0.378 e. The Morgan fingerprint density at radius 1 is 1.16 bits per heavy atom. The molecule has 2 aromatic rings. The quantitative estimate of drug-likeness (QED) is 0.788. The van der Waals surface area contributed by atoms with Gasteiger partial charge in [-0.15, -0.1) is 0 Å². The van der Waals surface area contributed by atoms with Crippen LogP contribution in [0.5, 0.6) is 0 Å². The minimum absolute atomic E-state index is 0.0647. The van der Waals surface area contributed by atoms with Gasteiger partial charge in [-0.05, 0) is 51.1 Å². The van der Waals surface area contributed by atoms with Crippen LogP contribution in [0.4, 0.5) is 11.5 Å². The molecule has 1 atom stereocenters. The molecule has 1 N–H and O–H groups in total. The van der Waals surface area contributed by atoms with Crippen LogP contribution in [0.3, 0.4) is 0 Å². The molecule has 0 aliphatic carbocycles. The molecule has 1 aromatic heterocycles. The number of rotatable bonds is 4. The number of fused-ring (bicyclic) bond motifs is 1. The van der Waals surface area contributed by atoms with Gasteiger partial charge in [0.1, 0.15) is 11.6 Å². The Kier molecular flexibility index (Phi) is 5.97. The third kappa shape index (κ3) is 4.04. The molecule has 0 saturated carbocycles. The van der Waals surface area contributed by atoms with Gasteiger partial charge in [0.25, 0.3) is 5.91 Å². The lowest BCUT2D eigenvalue weighted by atomic mass is 10.0. The molecule has 1 aromatic carbocycles. The first-order valence-corrected chi connectivity index (χ1v) is 11.6. The van der Waals surface area contributed by atoms with Gasteiger partial charge in [-0.25, -0.2) is 9.97 Å². The van der Waals surface area contributed by atoms with Crippen LogP contribution >= 0.6 is 0 Å². The van der Waals surface area contributed by atoms with Gasteiger partial charge in [-0.2, -0.15) is 0 Å². The SMILES string of the molecule is CNc1nc([C@@H]2CCCN2C)nc2c1CCN(C(=O)c1cccc(N3CCOCC3)c1)C2. The first-order chi connectivity index (χ1) is 15.6. The fourth-order valence-corrected chi connectivity index (χ4v) is 5.05. The van der Waals surface area contributed by atoms with Gasteiger partial charge in [-0.3, -0.25) is 9.69 Å². The highest BCUT2D eigenvalue weighted by Crippen LogP contribution is 2.32. The van der Waals surface area contributed by atoms with E-state index in [1.54, 1.807) is 0 Å². The van der Waals surface area contributed by atoms with E-state index in [1.807, 2.05) is 30.1 Å². The standard InChI is InChI=1S/C24H32N6O2/c1-25-22-19-8-10-30(16-20(19)26-23(27-22)21-7-4-9-28(21)2)24(31)17-5-3-6-18(15-17)29-11-13-32-14-12-29/h3,5-6,15,21H,4,7-14,16H2,1-2H3,(H,25,26,27)/t21-/m0/s1. The smallest absolute Gasteiger partial charge is 0.254 e. The summed E-state index contributed by atoms with van der Waals surface area (Å²) in [7, 11) is 4.05. The maximum absolute atomic E-state index is 13.4. The van der Waals surface area contributed by atoms with Crippen LogP contribution in [0.2, 0.25) is 0 Å². The van der Waals surface area contributed by atoms with Gasteiger partial charge in [0.05, 0.1) is 31.5 Å². The van der Waals surface area contributed by atoms with Crippen LogP contribution in [-0.4, -0.2) is 79.2 Å². The van der Waals surface area contributed by atoms with Crippen LogP contribution in [0.25, 0.3) is 0 Å². The van der Waals surface area contributed by atoms with Crippen molar-refractivity contribution in [3.05, 3.63) is 46.9 Å². The van der Waals surface area contributed by atoms with E-state index < -0.39 is 0 Å². The molecule has 170 valence electrons. The van der Waals surface area contributed by atoms with Crippen molar-refractivity contribution in [2.24, 2.45) is 0 Å². The number of benzene rings is 1. The molecule has 0 radical (unpaired) electrons. The molecule has 32 heavy (non-hydrogen) atoms. The van der Waals surface area contributed by atoms with Crippen molar-refractivity contribution < 1.29 is 9.53 Å². The second-order valence-electron chi connectivity index (χ2n) is 8.87. The lowest BCUT2D eigenvalue weighted by Gasteiger charge is -2.31. The molecule has 4 heterocycles. The third-order valence-electron chi connectivity index (χ3n) is 6.89. The molecule has 3 aliphatic rings. The molecule has 8 heteroatoms. The van der Waals surface area contributed by atoms with Crippen molar-refractivity contribution in [1.29, 1.82) is 0 Å². The van der Waals surface area contributed by atoms with Gasteiger partial charge in [-0.1, -0.05) is 6.07 Å². The number of hydrogen-bond acceptors (Lipinski definition) is 7. The number of carbonyl (C=O) groups excluding carboxylic acids is 1. The summed E-state index contributed by atoms with van der Waals surface area (Å²) in [5.74, 6) is 1.85. The van der Waals surface area contributed by atoms with Crippen molar-refractivity contribution in [3.63, 3.8) is 0 Å². The van der Waals surface area contributed by atoms with Gasteiger partial charge in [0.2, 0.25) is 0 Å². The Labute approximate surface area is 189 Å². The van der Waals surface area contributed by atoms with Gasteiger partial charge < -0.3 is 19.9 Å². The van der Waals surface area contributed by atoms with Crippen LogP contribution in [0, 0.1) is 0 Å². The molecule has 1 amide bonds. The summed E-state index contributed by atoms with van der Waals surface area (Å²) in [5, 5.41) is 3.26. The molecule has 0 spiro atoms. The maximum Gasteiger partial charge on any atom is 0.254 e. The minimum atomic E-state index is 0.0647. The number of likely N-dealkylation sites (tertiary alicyclic amines) is 1. The van der Waals surface area contributed by atoms with Crippen molar-refractivity contribution >= 4 is 17.4 Å². The Bertz CT molecular complexity index is 990. The molecule has 3 aliphatic heterocycles. The fraction of sp³-hybridized carbons (Fsp3) is 0.542. The minimum Gasteiger partial charge on any atom is -0.378 e. The van der Waals surface area contributed by atoms with Crippen molar-refractivity contribution in [2.45, 2.75) is 31.8 Å². The molecular weight excluding hydrogens is 404 g/mol. The van der Waals surface area contributed by atoms with E-state index in [1.165, 1.54) is 6.42 Å². The van der Waals surface area contributed by atoms with Crippen LogP contribution in [0.1, 0.15) is 46.3 Å². The average molecular weight is 437 g/mol. The lowest BCUT2D eigenvalue weighted by Crippen LogP contribution is -2.38. The van der Waals surface area contributed by atoms with Crippen molar-refractivity contribution in [2.75, 3.05) is 63.7 Å². The summed E-state index contributed by atoms with van der Waals surface area (Å²) in [6.45, 7) is 5.45. The zero-order valence-corrected chi connectivity index (χ0v) is 19.0. The second kappa shape index (κ2) is 9.03. The van der Waals surface area contributed by atoms with Crippen LogP contribution in [0.15, 0.2) is 24.3 Å². The van der Waals surface area contributed by atoms with E-state index in [0.717, 1.165) is 79.8 Å². The van der Waals surface area contributed by atoms with Crippen LogP contribution < -0.4 is 10.2 Å². The van der Waals surface area contributed by atoms with E-state index in [0.29, 0.717) is 13.1 Å². The molecule has 0 bridgehead atoms. The zero-order chi connectivity index (χ0) is 22.1. The first-order valence-electron chi connectivity index (χ1n) is 11.6. The Morgan fingerprint density at radius 2 is 2.00 bits per heavy atom. The summed E-state index contributed by atoms with van der Waals surface area (Å²) < 4.78 is 5.46. The number of aromatic nitrogens is 2. The zero-order valence-electron chi connectivity index (χ0n) is 19.0. The van der Waals surface area contributed by atoms with E-state index in [2.05, 4.69) is 28.2 Å². The molecule has 0 unspecified atom stereocenters. The monoisotopic (exact) mass is 436 g/mol. The summed E-state index contributed by atoms with van der Waals surface area (Å²) in [4.78, 5) is 29.7. The number of carbonyl (C=O) groups is 1. The van der Waals surface area contributed by atoms with Gasteiger partial charge in [0, 0.05) is 43.5 Å². The van der Waals surface area contributed by atoms with Gasteiger partial charge >= 0.3 is 0 Å². The summed E-state index contributed by atoms with van der Waals surface area (Å²) in [5.41, 5.74) is 3.94. The van der Waals surface area contributed by atoms with E-state index >= 15 is 0 Å². The number of anilines is 2. The van der Waals surface area contributed by atoms with E-state index in [-0.39, 0.29) is 11.9 Å². The van der Waals surface area contributed by atoms with Crippen molar-refractivity contribution in [1.82, 2.24) is 19.8 Å². The predicted octanol–water partition coefficient (Wildman–Crippen LogP) is 2.32. The Balaban J connectivity index is 1.38. The first kappa shape index (κ1) is 21.2. The van der Waals surface area contributed by atoms with Crippen molar-refractivity contribution in [3.8, 4) is 0 Å². The topological polar surface area (TPSA) is 73.8 Å². The highest BCUT2D eigenvalue weighted by atomic mass is 16.5. The summed E-state index contributed by atoms with van der Waals surface area (Å²) in [6.07, 6.45) is 3.01. The number of hydrogen-bond donors (Lipinski definition) is 1. The second-order valence-corrected chi connectivity index (χ2v) is 8.87. The van der Waals surface area contributed by atoms with Crippen LogP contribution in [-0.2, 0) is 17.7 Å². The molecule has 2 saturated heterocycles. The third-order valence-corrected chi connectivity index (χ3v) is 6.89. The molecule has 2 fully saturated rings. The Hall–Kier alpha value is -2.71. The lowest BCUT2D eigenvalue weighted by molar-refractivity contribution is 0.0731. The summed E-state index contributed by atoms with van der Waals surface area (Å²) in [6, 6.07) is 8.24. The fourth-order valence-electron chi connectivity index (χ4n) is 5.05. The normalized spacial score (nSPS) is 21.5. The number of nitrogens with one attached hydrogen (secondary N) is 1. The number of morpholine rings is 1. The molecule has 8 nitrogen and oxygen atoms in total. The highest BCUT2D eigenvalue weighted by molar-refractivity contribution is 5.95. The molecule has 5 rings (SSSR count). The Morgan fingerprint density at radius 3 is 2.75 bits per heavy atom. The number of nitrogens with zero attached hydrogens (tertiary/aromatic N) is 5. The number of ether oxygens (including phenoxy) is 1. The average Bonchev–Trinajstić information content (AvgIpc) is 3.29. The van der Waals surface area contributed by atoms with Gasteiger partial charge in [0.15, 0.2) is 0 Å². The number of amides is 1. The molecular formula is C24H32N6O2. The predicted molar refractivity (Wildman–Crippen MR) is 124 cm³/mol. The summed E-state index contributed by atoms with van der Waals surface area (Å²) >= 11 is 0. The van der Waals surface area contributed by atoms with E-state index in [9.17, 15) is 4.79 Å².